The van der Waals surface area contributed by atoms with Crippen molar-refractivity contribution in [2.24, 2.45) is 0 Å². The molecule has 4 heterocycles. The monoisotopic (exact) mass is 769 g/mol. The summed E-state index contributed by atoms with van der Waals surface area (Å²) in [7, 11) is 0. The molecule has 1 aliphatic heterocycles. The number of alkyl halides is 2. The van der Waals surface area contributed by atoms with Gasteiger partial charge < -0.3 is 4.98 Å². The van der Waals surface area contributed by atoms with E-state index in [0.29, 0.717) is 11.5 Å². The maximum absolute atomic E-state index is 16.3. The van der Waals surface area contributed by atoms with Crippen LogP contribution in [0.1, 0.15) is 36.1 Å². The van der Waals surface area contributed by atoms with E-state index in [-0.39, 0.29) is 11.1 Å². The summed E-state index contributed by atoms with van der Waals surface area (Å²) in [5.41, 5.74) is 10.7. The van der Waals surface area contributed by atoms with Crippen molar-refractivity contribution in [2.45, 2.75) is 25.2 Å². The molecule has 59 heavy (non-hydrogen) atoms. The van der Waals surface area contributed by atoms with Crippen LogP contribution in [0.2, 0.25) is 0 Å². The number of nitrogens with one attached hydrogen (secondary N) is 1. The number of para-hydroxylation sites is 4. The van der Waals surface area contributed by atoms with Crippen LogP contribution in [-0.4, -0.2) is 19.5 Å². The minimum Gasteiger partial charge on any atom is -0.354 e. The van der Waals surface area contributed by atoms with E-state index in [2.05, 4.69) is 127 Å². The Kier molecular flexibility index (Phi) is 7.72. The SMILES string of the molecule is CC1(C)c2ccc(-c3cccc4c3nc(-c3cccc5c3[nH]c3ccccc35)n4-c3ccccc3)cc2N(c2ccccn2)c2cc(C(F)(F)c3ccccc3)ccc21. The maximum Gasteiger partial charge on any atom is 0.298 e. The quantitative estimate of drug-likeness (QED) is 0.183. The molecule has 5 nitrogen and oxygen atoms in total. The van der Waals surface area contributed by atoms with E-state index >= 15 is 8.78 Å². The number of anilines is 3. The highest BCUT2D eigenvalue weighted by Crippen LogP contribution is 2.54. The number of nitrogens with zero attached hydrogens (tertiary/aromatic N) is 4. The predicted octanol–water partition coefficient (Wildman–Crippen LogP) is 13.6. The Morgan fingerprint density at radius 1 is 0.593 bits per heavy atom. The summed E-state index contributed by atoms with van der Waals surface area (Å²) in [5.74, 6) is -1.74. The standard InChI is InChI=1S/C52H37F2N5/c1-51(2)41-28-26-33(31-45(41)59(47-25-11-12-30-55-47)46-32-35(27-29-42(46)51)52(53,54)34-15-5-3-6-16-34)37-20-14-24-44-49(37)57-50(58(44)36-17-7-4-8-18-36)40-22-13-21-39-38-19-9-10-23-43(38)56-48(39)40/h3-32,56H,1-2H3. The lowest BCUT2D eigenvalue weighted by Gasteiger charge is -2.42. The van der Waals surface area contributed by atoms with Gasteiger partial charge in [-0.3, -0.25) is 9.47 Å². The van der Waals surface area contributed by atoms with E-state index < -0.39 is 11.3 Å². The molecule has 1 N–H and O–H groups in total. The van der Waals surface area contributed by atoms with Crippen LogP contribution in [0.5, 0.6) is 0 Å². The van der Waals surface area contributed by atoms with Gasteiger partial charge in [-0.25, -0.2) is 9.97 Å². The predicted molar refractivity (Wildman–Crippen MR) is 235 cm³/mol. The highest BCUT2D eigenvalue weighted by Gasteiger charge is 2.41. The Hall–Kier alpha value is -7.38. The summed E-state index contributed by atoms with van der Waals surface area (Å²) in [6.45, 7) is 4.32. The van der Waals surface area contributed by atoms with E-state index in [9.17, 15) is 0 Å². The molecule has 7 heteroatoms. The summed E-state index contributed by atoms with van der Waals surface area (Å²) in [6.07, 6.45) is 1.74. The molecule has 0 aliphatic carbocycles. The number of hydrogen-bond acceptors (Lipinski definition) is 3. The second kappa shape index (κ2) is 13.1. The van der Waals surface area contributed by atoms with E-state index in [1.165, 1.54) is 17.5 Å². The van der Waals surface area contributed by atoms with Gasteiger partial charge in [0.1, 0.15) is 11.6 Å². The molecule has 0 atom stereocenters. The Morgan fingerprint density at radius 2 is 1.27 bits per heavy atom. The fraction of sp³-hybridized carbons (Fsp3) is 0.0769. The number of hydrogen-bond donors (Lipinski definition) is 1. The Bertz CT molecular complexity index is 3220. The molecule has 3 aromatic heterocycles. The third-order valence-electron chi connectivity index (χ3n) is 12.0. The van der Waals surface area contributed by atoms with Crippen molar-refractivity contribution in [1.82, 2.24) is 19.5 Å². The van der Waals surface area contributed by atoms with Crippen molar-refractivity contribution in [3.05, 3.63) is 204 Å². The van der Waals surface area contributed by atoms with Crippen LogP contribution in [-0.2, 0) is 11.3 Å². The number of rotatable bonds is 6. The first-order chi connectivity index (χ1) is 28.8. The molecule has 11 rings (SSSR count). The summed E-state index contributed by atoms with van der Waals surface area (Å²) in [6, 6.07) is 56.8. The largest absolute Gasteiger partial charge is 0.354 e. The zero-order valence-corrected chi connectivity index (χ0v) is 32.4. The van der Waals surface area contributed by atoms with Crippen LogP contribution in [0.3, 0.4) is 0 Å². The number of H-pyrrole nitrogens is 1. The summed E-state index contributed by atoms with van der Waals surface area (Å²) in [4.78, 5) is 16.0. The van der Waals surface area contributed by atoms with Gasteiger partial charge in [0.05, 0.1) is 27.9 Å². The molecule has 0 saturated heterocycles. The summed E-state index contributed by atoms with van der Waals surface area (Å²) >= 11 is 0. The van der Waals surface area contributed by atoms with Crippen molar-refractivity contribution in [1.29, 1.82) is 0 Å². The molecular formula is C52H37F2N5. The van der Waals surface area contributed by atoms with Gasteiger partial charge >= 0.3 is 0 Å². The number of aromatic nitrogens is 4. The second-order valence-corrected chi connectivity index (χ2v) is 15.7. The molecule has 0 unspecified atom stereocenters. The average molecular weight is 770 g/mol. The smallest absolute Gasteiger partial charge is 0.298 e. The zero-order chi connectivity index (χ0) is 39.9. The van der Waals surface area contributed by atoms with Crippen LogP contribution < -0.4 is 4.90 Å². The first kappa shape index (κ1) is 34.8. The van der Waals surface area contributed by atoms with E-state index in [1.54, 1.807) is 36.5 Å². The average Bonchev–Trinajstić information content (AvgIpc) is 3.86. The molecule has 0 fully saturated rings. The van der Waals surface area contributed by atoms with Gasteiger partial charge in [-0.2, -0.15) is 8.78 Å². The fourth-order valence-electron chi connectivity index (χ4n) is 9.09. The van der Waals surface area contributed by atoms with Gasteiger partial charge in [0, 0.05) is 55.8 Å². The van der Waals surface area contributed by atoms with Gasteiger partial charge in [-0.05, 0) is 71.3 Å². The third-order valence-corrected chi connectivity index (χ3v) is 12.0. The summed E-state index contributed by atoms with van der Waals surface area (Å²) in [5, 5.41) is 2.31. The van der Waals surface area contributed by atoms with Crippen molar-refractivity contribution >= 4 is 50.0 Å². The Labute approximate surface area is 339 Å². The van der Waals surface area contributed by atoms with Crippen molar-refractivity contribution in [3.8, 4) is 28.2 Å². The van der Waals surface area contributed by atoms with Crippen LogP contribution in [0.4, 0.5) is 26.0 Å². The van der Waals surface area contributed by atoms with E-state index in [1.807, 2.05) is 35.2 Å². The summed E-state index contributed by atoms with van der Waals surface area (Å²) < 4.78 is 34.8. The molecule has 7 aromatic carbocycles. The first-order valence-electron chi connectivity index (χ1n) is 19.8. The molecule has 10 aromatic rings. The van der Waals surface area contributed by atoms with E-state index in [0.717, 1.165) is 72.5 Å². The molecular weight excluding hydrogens is 733 g/mol. The second-order valence-electron chi connectivity index (χ2n) is 15.7. The molecule has 284 valence electrons. The normalized spacial score (nSPS) is 13.5. The van der Waals surface area contributed by atoms with Gasteiger partial charge in [-0.1, -0.05) is 135 Å². The third kappa shape index (κ3) is 5.35. The number of benzene rings is 7. The number of pyridine rings is 1. The minimum atomic E-state index is -3.21. The van der Waals surface area contributed by atoms with Gasteiger partial charge in [0.25, 0.3) is 5.92 Å². The number of fused-ring (bicyclic) bond motifs is 6. The van der Waals surface area contributed by atoms with Crippen molar-refractivity contribution in [3.63, 3.8) is 0 Å². The molecule has 0 saturated carbocycles. The highest BCUT2D eigenvalue weighted by atomic mass is 19.3. The van der Waals surface area contributed by atoms with E-state index in [4.69, 9.17) is 9.97 Å². The number of imidazole rings is 1. The highest BCUT2D eigenvalue weighted by molar-refractivity contribution is 6.12. The molecule has 0 radical (unpaired) electrons. The van der Waals surface area contributed by atoms with Crippen molar-refractivity contribution in [2.75, 3.05) is 4.90 Å². The molecule has 1 aliphatic rings. The van der Waals surface area contributed by atoms with Crippen LogP contribution in [0.25, 0.3) is 61.0 Å². The fourth-order valence-corrected chi connectivity index (χ4v) is 9.09. The van der Waals surface area contributed by atoms with Crippen molar-refractivity contribution < 1.29 is 8.78 Å². The van der Waals surface area contributed by atoms with Gasteiger partial charge in [0.15, 0.2) is 0 Å². The molecule has 0 spiro atoms. The minimum absolute atomic E-state index is 0.0507. The zero-order valence-electron chi connectivity index (χ0n) is 32.4. The lowest BCUT2D eigenvalue weighted by atomic mass is 9.72. The first-order valence-corrected chi connectivity index (χ1v) is 19.8. The van der Waals surface area contributed by atoms with Gasteiger partial charge in [-0.15, -0.1) is 0 Å². The maximum atomic E-state index is 16.3. The van der Waals surface area contributed by atoms with Crippen LogP contribution in [0, 0.1) is 0 Å². The Balaban J connectivity index is 1.13. The molecule has 0 bridgehead atoms. The Morgan fingerprint density at radius 3 is 2.07 bits per heavy atom. The number of halogens is 2. The van der Waals surface area contributed by atoms with Crippen LogP contribution in [0.15, 0.2) is 182 Å². The van der Waals surface area contributed by atoms with Crippen LogP contribution >= 0.6 is 0 Å². The molecule has 0 amide bonds. The lowest BCUT2D eigenvalue weighted by molar-refractivity contribution is 0.0428. The topological polar surface area (TPSA) is 49.7 Å². The number of aromatic amines is 1. The van der Waals surface area contributed by atoms with Gasteiger partial charge in [0.2, 0.25) is 0 Å². The lowest BCUT2D eigenvalue weighted by Crippen LogP contribution is -2.31.